The molecule has 2 N–H and O–H groups in total. The van der Waals surface area contributed by atoms with Gasteiger partial charge in [0.1, 0.15) is 6.61 Å². The van der Waals surface area contributed by atoms with Crippen LogP contribution in [0.15, 0.2) is 0 Å². The molecule has 0 spiro atoms. The molecule has 0 aliphatic heterocycles. The van der Waals surface area contributed by atoms with Crippen LogP contribution in [0.1, 0.15) is 0 Å². The maximum absolute atomic E-state index is 10.4. The van der Waals surface area contributed by atoms with Gasteiger partial charge in [-0.25, -0.2) is 5.84 Å². The summed E-state index contributed by atoms with van der Waals surface area (Å²) in [5.74, 6) is 4.80. The van der Waals surface area contributed by atoms with E-state index in [1.54, 1.807) is 0 Å². The van der Waals surface area contributed by atoms with Gasteiger partial charge in [0.2, 0.25) is 0 Å². The van der Waals surface area contributed by atoms with Gasteiger partial charge in [-0.15, -0.1) is 0 Å². The lowest BCUT2D eigenvalue weighted by Gasteiger charge is -2.07. The van der Waals surface area contributed by atoms with Crippen molar-refractivity contribution in [3.05, 3.63) is 0 Å². The monoisotopic (exact) mass is 118 g/mol. The van der Waals surface area contributed by atoms with Gasteiger partial charge in [-0.1, -0.05) is 0 Å². The summed E-state index contributed by atoms with van der Waals surface area (Å²) in [7, 11) is 2.92. The number of hydrogen-bond acceptors (Lipinski definition) is 3. The standard InChI is InChI=1S/C4H10N2O2/c1-6(5)4(7)3-8-2/h3,5H2,1-2H3. The highest BCUT2D eigenvalue weighted by atomic mass is 16.5. The lowest BCUT2D eigenvalue weighted by molar-refractivity contribution is -0.134. The molecule has 0 aromatic carbocycles. The molecule has 4 nitrogen and oxygen atoms in total. The van der Waals surface area contributed by atoms with Gasteiger partial charge in [0.05, 0.1) is 0 Å². The molecule has 0 atom stereocenters. The molecular formula is C4H10N2O2. The van der Waals surface area contributed by atoms with E-state index in [2.05, 4.69) is 4.74 Å². The van der Waals surface area contributed by atoms with Gasteiger partial charge in [-0.05, 0) is 0 Å². The fourth-order valence-corrected chi connectivity index (χ4v) is 0.225. The van der Waals surface area contributed by atoms with E-state index >= 15 is 0 Å². The smallest absolute Gasteiger partial charge is 0.262 e. The lowest BCUT2D eigenvalue weighted by atomic mass is 10.6. The topological polar surface area (TPSA) is 55.6 Å². The summed E-state index contributed by atoms with van der Waals surface area (Å²) < 4.78 is 4.49. The van der Waals surface area contributed by atoms with Crippen molar-refractivity contribution in [3.63, 3.8) is 0 Å². The third-order valence-corrected chi connectivity index (χ3v) is 0.661. The Labute approximate surface area is 48.2 Å². The minimum absolute atomic E-state index is 0.0486. The molecule has 0 fully saturated rings. The Balaban J connectivity index is 3.33. The van der Waals surface area contributed by atoms with E-state index in [1.165, 1.54) is 14.2 Å². The summed E-state index contributed by atoms with van der Waals surface area (Å²) in [6, 6.07) is 0. The van der Waals surface area contributed by atoms with Gasteiger partial charge in [-0.2, -0.15) is 0 Å². The zero-order valence-corrected chi connectivity index (χ0v) is 5.05. The first kappa shape index (κ1) is 7.39. The Kier molecular flexibility index (Phi) is 3.14. The van der Waals surface area contributed by atoms with Crippen molar-refractivity contribution in [1.82, 2.24) is 5.01 Å². The molecule has 0 unspecified atom stereocenters. The number of nitrogens with zero attached hydrogens (tertiary/aromatic N) is 1. The fourth-order valence-electron chi connectivity index (χ4n) is 0.225. The minimum atomic E-state index is -0.229. The van der Waals surface area contributed by atoms with E-state index in [0.717, 1.165) is 5.01 Å². The maximum Gasteiger partial charge on any atom is 0.262 e. The normalized spacial score (nSPS) is 8.88. The van der Waals surface area contributed by atoms with E-state index in [9.17, 15) is 4.79 Å². The Morgan fingerprint density at radius 3 is 2.50 bits per heavy atom. The quantitative estimate of drug-likeness (QED) is 0.286. The second-order valence-electron chi connectivity index (χ2n) is 1.44. The third kappa shape index (κ3) is 2.54. The van der Waals surface area contributed by atoms with Gasteiger partial charge in [0.15, 0.2) is 0 Å². The number of carbonyl (C=O) groups excluding carboxylic acids is 1. The van der Waals surface area contributed by atoms with E-state index in [0.29, 0.717) is 0 Å². The average molecular weight is 118 g/mol. The Bertz CT molecular complexity index is 82.1. The Morgan fingerprint density at radius 1 is 1.88 bits per heavy atom. The van der Waals surface area contributed by atoms with Crippen LogP contribution in [0.2, 0.25) is 0 Å². The van der Waals surface area contributed by atoms with Crippen molar-refractivity contribution in [2.45, 2.75) is 0 Å². The number of carbonyl (C=O) groups is 1. The highest BCUT2D eigenvalue weighted by molar-refractivity contribution is 5.76. The van der Waals surface area contributed by atoms with E-state index in [4.69, 9.17) is 5.84 Å². The van der Waals surface area contributed by atoms with Crippen LogP contribution in [0.25, 0.3) is 0 Å². The number of likely N-dealkylation sites (N-methyl/N-ethyl adjacent to an activating group) is 1. The van der Waals surface area contributed by atoms with Crippen molar-refractivity contribution in [3.8, 4) is 0 Å². The van der Waals surface area contributed by atoms with Crippen molar-refractivity contribution >= 4 is 5.91 Å². The third-order valence-electron chi connectivity index (χ3n) is 0.661. The van der Waals surface area contributed by atoms with Crippen LogP contribution < -0.4 is 5.84 Å². The molecule has 0 radical (unpaired) electrons. The number of amides is 1. The lowest BCUT2D eigenvalue weighted by Crippen LogP contribution is -2.35. The van der Waals surface area contributed by atoms with E-state index in [1.807, 2.05) is 0 Å². The van der Waals surface area contributed by atoms with Gasteiger partial charge >= 0.3 is 0 Å². The number of nitrogens with two attached hydrogens (primary N) is 1. The predicted octanol–water partition coefficient (Wildman–Crippen LogP) is -1.04. The zero-order valence-electron chi connectivity index (χ0n) is 5.05. The molecule has 0 aliphatic carbocycles. The first-order chi connectivity index (χ1) is 3.68. The largest absolute Gasteiger partial charge is 0.375 e. The molecule has 0 heterocycles. The van der Waals surface area contributed by atoms with Crippen molar-refractivity contribution in [2.75, 3.05) is 20.8 Å². The van der Waals surface area contributed by atoms with Crippen molar-refractivity contribution < 1.29 is 9.53 Å². The predicted molar refractivity (Wildman–Crippen MR) is 28.8 cm³/mol. The van der Waals surface area contributed by atoms with Gasteiger partial charge in [0.25, 0.3) is 5.91 Å². The molecular weight excluding hydrogens is 108 g/mol. The van der Waals surface area contributed by atoms with Crippen LogP contribution in [0.5, 0.6) is 0 Å². The molecule has 0 rings (SSSR count). The molecule has 0 aromatic heterocycles. The molecule has 0 aromatic rings. The van der Waals surface area contributed by atoms with Gasteiger partial charge < -0.3 is 4.74 Å². The van der Waals surface area contributed by atoms with Crippen LogP contribution in [0.3, 0.4) is 0 Å². The Morgan fingerprint density at radius 2 is 2.38 bits per heavy atom. The van der Waals surface area contributed by atoms with E-state index < -0.39 is 0 Å². The molecule has 0 bridgehead atoms. The number of methoxy groups -OCH3 is 1. The highest BCUT2D eigenvalue weighted by Gasteiger charge is 2.00. The number of rotatable bonds is 2. The van der Waals surface area contributed by atoms with Crippen LogP contribution in [0.4, 0.5) is 0 Å². The molecule has 1 amide bonds. The van der Waals surface area contributed by atoms with E-state index in [-0.39, 0.29) is 12.5 Å². The van der Waals surface area contributed by atoms with Gasteiger partial charge in [-0.3, -0.25) is 9.80 Å². The summed E-state index contributed by atoms with van der Waals surface area (Å²) in [6.45, 7) is 0.0486. The summed E-state index contributed by atoms with van der Waals surface area (Å²) in [6.07, 6.45) is 0. The molecule has 0 saturated carbocycles. The maximum atomic E-state index is 10.4. The number of hydrazine groups is 1. The average Bonchev–Trinajstić information content (AvgIpc) is 1.67. The minimum Gasteiger partial charge on any atom is -0.375 e. The number of hydrogen-bond donors (Lipinski definition) is 1. The number of ether oxygens (including phenoxy) is 1. The highest BCUT2D eigenvalue weighted by Crippen LogP contribution is 1.73. The van der Waals surface area contributed by atoms with Crippen LogP contribution >= 0.6 is 0 Å². The molecule has 48 valence electrons. The molecule has 4 heteroatoms. The molecule has 8 heavy (non-hydrogen) atoms. The van der Waals surface area contributed by atoms with Crippen molar-refractivity contribution in [2.24, 2.45) is 5.84 Å². The summed E-state index contributed by atoms with van der Waals surface area (Å²) in [5, 5.41) is 0.990. The summed E-state index contributed by atoms with van der Waals surface area (Å²) in [5.41, 5.74) is 0. The Hall–Kier alpha value is -0.610. The molecule has 0 saturated heterocycles. The summed E-state index contributed by atoms with van der Waals surface area (Å²) in [4.78, 5) is 10.4. The summed E-state index contributed by atoms with van der Waals surface area (Å²) >= 11 is 0. The van der Waals surface area contributed by atoms with Gasteiger partial charge in [0, 0.05) is 14.2 Å². The zero-order chi connectivity index (χ0) is 6.57. The first-order valence-corrected chi connectivity index (χ1v) is 2.18. The second-order valence-corrected chi connectivity index (χ2v) is 1.44. The van der Waals surface area contributed by atoms with Crippen LogP contribution in [0, 0.1) is 0 Å². The van der Waals surface area contributed by atoms with Crippen molar-refractivity contribution in [1.29, 1.82) is 0 Å². The van der Waals surface area contributed by atoms with Crippen LogP contribution in [-0.4, -0.2) is 31.7 Å². The first-order valence-electron chi connectivity index (χ1n) is 2.18. The SMILES string of the molecule is COCC(=O)N(C)N. The fraction of sp³-hybridized carbons (Fsp3) is 0.750. The van der Waals surface area contributed by atoms with Crippen LogP contribution in [-0.2, 0) is 9.53 Å². The molecule has 0 aliphatic rings. The second kappa shape index (κ2) is 3.40.